The number of thiophene rings is 3. The Hall–Kier alpha value is -17.7. The van der Waals surface area contributed by atoms with Crippen molar-refractivity contribution in [1.29, 1.82) is 0 Å². The fourth-order valence-corrected chi connectivity index (χ4v) is 25.1. The minimum atomic E-state index is -0.453. The van der Waals surface area contributed by atoms with Crippen molar-refractivity contribution in [3.8, 4) is 77.9 Å². The van der Waals surface area contributed by atoms with Crippen LogP contribution in [0.5, 0.6) is 0 Å². The van der Waals surface area contributed by atoms with Gasteiger partial charge in [-0.1, -0.05) is 399 Å². The number of rotatable bonds is 16. The number of para-hydroxylation sites is 3. The highest BCUT2D eigenvalue weighted by molar-refractivity contribution is 7.28. The van der Waals surface area contributed by atoms with Crippen LogP contribution in [0.25, 0.3) is 204 Å². The molecular formula is C140H101N3O3S3. The summed E-state index contributed by atoms with van der Waals surface area (Å²) >= 11 is 5.36. The Kier molecular flexibility index (Phi) is 20.6. The van der Waals surface area contributed by atoms with Crippen molar-refractivity contribution in [2.45, 2.75) is 52.4 Å². The third-order valence-electron chi connectivity index (χ3n) is 28.6. The Morgan fingerprint density at radius 1 is 0.181 bits per heavy atom. The molecule has 0 aliphatic carbocycles. The summed E-state index contributed by atoms with van der Waals surface area (Å²) in [5.41, 5.74) is 30.5. The molecule has 0 fully saturated rings. The summed E-state index contributed by atoms with van der Waals surface area (Å²) < 4.78 is 109. The molecule has 0 atom stereocenters. The largest absolute Gasteiger partial charge is 0.456 e. The van der Waals surface area contributed by atoms with Crippen molar-refractivity contribution >= 4 is 212 Å². The Bertz CT molecular complexity index is 10300. The van der Waals surface area contributed by atoms with Gasteiger partial charge >= 0.3 is 0 Å². The van der Waals surface area contributed by atoms with Gasteiger partial charge in [0.1, 0.15) is 33.5 Å². The molecule has 0 aliphatic heterocycles. The summed E-state index contributed by atoms with van der Waals surface area (Å²) in [5.74, 6) is 0. The molecule has 0 aliphatic rings. The molecule has 0 radical (unpaired) electrons. The van der Waals surface area contributed by atoms with E-state index in [2.05, 4.69) is 402 Å². The van der Waals surface area contributed by atoms with Crippen molar-refractivity contribution < 1.29 is 27.0 Å². The standard InChI is InChI=1S/C50H43NOS.C48H31NOS.C42H27NOS/c1-49(2,3)36-22-14-32(15-23-36)34-18-26-38(27-19-34)51(39-28-20-35(21-29-39)33-16-24-37(25-17-33)50(4,5)6)43-12-9-11-40-41-30-31-45-46(48(41)53-47(40)43)42-10-7-8-13-44(42)52-45;1-3-12-32(13-4-1)33-22-26-36(27-23-33)49(37-28-24-35(25-29-37)39-17-8-7-16-38(39)34-14-5-2-6-15-34)43-20-11-19-40-41-30-31-45-46(48(41)51-47(40)43)42-18-9-10-21-44(42)50-45;1-3-10-28(11-4-1)30-18-22-32(23-19-30)43(33-24-20-31(21-25-33)29-12-5-2-6-13-29)37-16-9-15-34-35-26-27-39-40(42(35)45-41(34)37)36-14-7-8-17-38(36)44-39/h7-31H,1-6H3;1-31H;1-27H/i;;1D,2D,3D,4D,5D,6D,10D,11D,12D,13D. The normalized spacial score (nSPS) is 12.8. The van der Waals surface area contributed by atoms with Gasteiger partial charge in [-0.15, -0.1) is 34.0 Å². The van der Waals surface area contributed by atoms with Crippen LogP contribution in [0.1, 0.15) is 66.4 Å². The summed E-state index contributed by atoms with van der Waals surface area (Å²) in [6.45, 7) is 13.6. The second-order valence-electron chi connectivity index (χ2n) is 39.7. The van der Waals surface area contributed by atoms with Crippen molar-refractivity contribution in [2.75, 3.05) is 14.7 Å². The van der Waals surface area contributed by atoms with E-state index < -0.39 is 36.3 Å². The molecule has 0 N–H and O–H groups in total. The highest BCUT2D eigenvalue weighted by Crippen LogP contribution is 2.54. The van der Waals surface area contributed by atoms with Gasteiger partial charge in [0.05, 0.1) is 44.9 Å². The number of nitrogens with zero attached hydrogens (tertiary/aromatic N) is 3. The molecule has 9 heteroatoms. The Labute approximate surface area is 891 Å². The lowest BCUT2D eigenvalue weighted by Crippen LogP contribution is -2.10. The van der Waals surface area contributed by atoms with E-state index in [9.17, 15) is 0 Å². The van der Waals surface area contributed by atoms with E-state index in [1.54, 1.807) is 35.6 Å². The summed E-state index contributed by atoms with van der Waals surface area (Å²) in [6.07, 6.45) is 0. The lowest BCUT2D eigenvalue weighted by Gasteiger charge is -2.26. The Morgan fingerprint density at radius 2 is 0.409 bits per heavy atom. The van der Waals surface area contributed by atoms with E-state index in [0.29, 0.717) is 11.1 Å². The topological polar surface area (TPSA) is 49.1 Å². The van der Waals surface area contributed by atoms with Gasteiger partial charge in [0, 0.05) is 113 Å². The molecule has 6 nitrogen and oxygen atoms in total. The van der Waals surface area contributed by atoms with Crippen LogP contribution in [-0.2, 0) is 10.8 Å². The van der Waals surface area contributed by atoms with Crippen molar-refractivity contribution in [2.24, 2.45) is 0 Å². The molecule has 0 bridgehead atoms. The van der Waals surface area contributed by atoms with Crippen molar-refractivity contribution in [3.63, 3.8) is 0 Å². The number of hydrogen-bond donors (Lipinski definition) is 0. The molecule has 712 valence electrons. The molecule has 0 saturated carbocycles. The first-order chi connectivity index (χ1) is 77.3. The number of furan rings is 3. The SMILES string of the molecule is CC(C)(C)c1ccc(-c2ccc(N(c3ccc(-c4ccc(C(C)(C)C)cc4)cc3)c3cccc4c3sc3c4ccc4oc5ccccc5c43)cc2)cc1.[2H]c1c([2H])c([2H])c(-c2ccc(N(c3ccc(-c4c([2H])c([2H])c([2H])c([2H])c4[2H])cc3)c3cccc4c3sc3c4ccc4oc5ccccc5c43)cc2)c([2H])c1[2H].c1ccc(-c2ccc(N(c3ccc(-c4ccccc4-c4ccccc4)cc3)c3cccc4c3sc3c4ccc4oc5ccccc5c43)cc2)cc1. The lowest BCUT2D eigenvalue weighted by atomic mass is 9.86. The molecule has 0 unspecified atom stereocenters. The number of benzene rings is 22. The highest BCUT2D eigenvalue weighted by Gasteiger charge is 2.28. The lowest BCUT2D eigenvalue weighted by molar-refractivity contribution is 0.590. The molecule has 0 spiro atoms. The summed E-state index contributed by atoms with van der Waals surface area (Å²) in [6, 6.07) is 152. The van der Waals surface area contributed by atoms with Crippen LogP contribution in [0.15, 0.2) is 517 Å². The van der Waals surface area contributed by atoms with E-state index in [0.717, 1.165) is 126 Å². The van der Waals surface area contributed by atoms with Crippen LogP contribution >= 0.6 is 34.0 Å². The molecule has 0 saturated heterocycles. The first-order valence-electron chi connectivity index (χ1n) is 55.1. The Balaban J connectivity index is 0.000000118. The van der Waals surface area contributed by atoms with Crippen molar-refractivity contribution in [3.05, 3.63) is 514 Å². The van der Waals surface area contributed by atoms with Gasteiger partial charge in [-0.05, 0) is 245 Å². The molecule has 22 aromatic carbocycles. The Morgan fingerprint density at radius 3 is 0.705 bits per heavy atom. The van der Waals surface area contributed by atoms with Gasteiger partial charge < -0.3 is 28.0 Å². The van der Waals surface area contributed by atoms with E-state index in [1.165, 1.54) is 118 Å². The zero-order valence-corrected chi connectivity index (χ0v) is 84.9. The maximum absolute atomic E-state index is 8.53. The van der Waals surface area contributed by atoms with Crippen LogP contribution in [0, 0.1) is 0 Å². The first-order valence-corrected chi connectivity index (χ1v) is 52.6. The predicted octanol–water partition coefficient (Wildman–Crippen LogP) is 42.5. The number of fused-ring (bicyclic) bond motifs is 21. The van der Waals surface area contributed by atoms with E-state index >= 15 is 0 Å². The maximum atomic E-state index is 8.53. The summed E-state index contributed by atoms with van der Waals surface area (Å²) in [5, 5.41) is 13.9. The van der Waals surface area contributed by atoms with E-state index in [-0.39, 0.29) is 46.1 Å². The van der Waals surface area contributed by atoms with Crippen molar-refractivity contribution in [1.82, 2.24) is 0 Å². The third-order valence-corrected chi connectivity index (χ3v) is 32.4. The van der Waals surface area contributed by atoms with Gasteiger partial charge in [-0.3, -0.25) is 0 Å². The summed E-state index contributed by atoms with van der Waals surface area (Å²) in [4.78, 5) is 6.88. The number of hydrogen-bond acceptors (Lipinski definition) is 9. The highest BCUT2D eigenvalue weighted by atomic mass is 32.1. The van der Waals surface area contributed by atoms with Crippen LogP contribution < -0.4 is 14.7 Å². The van der Waals surface area contributed by atoms with E-state index in [4.69, 9.17) is 27.0 Å². The van der Waals surface area contributed by atoms with Crippen LogP contribution in [-0.4, -0.2) is 0 Å². The molecule has 28 aromatic rings. The number of anilines is 9. The second-order valence-corrected chi connectivity index (χ2v) is 42.8. The summed E-state index contributed by atoms with van der Waals surface area (Å²) in [7, 11) is 0. The zero-order chi connectivity index (χ0) is 109. The predicted molar refractivity (Wildman–Crippen MR) is 639 cm³/mol. The average Bonchev–Trinajstić information content (AvgIpc) is 1.58. The van der Waals surface area contributed by atoms with Crippen LogP contribution in [0.3, 0.4) is 0 Å². The van der Waals surface area contributed by atoms with Gasteiger partial charge in [-0.25, -0.2) is 0 Å². The fraction of sp³-hybridized carbons (Fsp3) is 0.0571. The van der Waals surface area contributed by atoms with Gasteiger partial charge in [0.2, 0.25) is 0 Å². The molecule has 6 heterocycles. The minimum Gasteiger partial charge on any atom is -0.456 e. The van der Waals surface area contributed by atoms with E-state index in [1.807, 2.05) is 95.5 Å². The fourth-order valence-electron chi connectivity index (χ4n) is 21.1. The zero-order valence-electron chi connectivity index (χ0n) is 92.4. The van der Waals surface area contributed by atoms with Crippen LogP contribution in [0.2, 0.25) is 0 Å². The van der Waals surface area contributed by atoms with Gasteiger partial charge in [0.25, 0.3) is 0 Å². The first kappa shape index (κ1) is 80.6. The molecule has 6 aromatic heterocycles. The monoisotopic (exact) mass is 1980 g/mol. The minimum absolute atomic E-state index is 0.107. The smallest absolute Gasteiger partial charge is 0.136 e. The molecule has 149 heavy (non-hydrogen) atoms. The van der Waals surface area contributed by atoms with Crippen LogP contribution in [0.4, 0.5) is 51.2 Å². The molecule has 28 rings (SSSR count). The molecule has 0 amide bonds. The molecular weight excluding hydrogens is 1870 g/mol. The van der Waals surface area contributed by atoms with Gasteiger partial charge in [-0.2, -0.15) is 0 Å². The maximum Gasteiger partial charge on any atom is 0.136 e. The quantitative estimate of drug-likeness (QED) is 0.0961. The second kappa shape index (κ2) is 38.0. The average molecular weight is 1980 g/mol. The van der Waals surface area contributed by atoms with Gasteiger partial charge in [0.15, 0.2) is 0 Å². The third kappa shape index (κ3) is 17.0.